The molecule has 0 spiro atoms. The molecule has 0 saturated carbocycles. The van der Waals surface area contributed by atoms with Crippen molar-refractivity contribution in [2.45, 2.75) is 50.5 Å². The zero-order chi connectivity index (χ0) is 21.6. The van der Waals surface area contributed by atoms with Crippen LogP contribution in [0.4, 0.5) is 0 Å². The number of hydrogen-bond donors (Lipinski definition) is 2. The van der Waals surface area contributed by atoms with Crippen molar-refractivity contribution in [3.8, 4) is 0 Å². The fraction of sp³-hybridized carbons (Fsp3) is 0.500. The molecular weight excluding hydrogens is 416 g/mol. The van der Waals surface area contributed by atoms with Gasteiger partial charge in [0.1, 0.15) is 0 Å². The molecule has 0 unspecified atom stereocenters. The average molecular weight is 449 g/mol. The van der Waals surface area contributed by atoms with Gasteiger partial charge in [0.05, 0.1) is 11.4 Å². The Morgan fingerprint density at radius 3 is 2.43 bits per heavy atom. The minimum atomic E-state index is -3.37. The van der Waals surface area contributed by atoms with E-state index in [0.29, 0.717) is 24.5 Å². The zero-order valence-electron chi connectivity index (χ0n) is 18.0. The molecule has 1 aliphatic heterocycles. The van der Waals surface area contributed by atoms with Crippen LogP contribution in [0.5, 0.6) is 0 Å². The number of benzene rings is 1. The van der Waals surface area contributed by atoms with E-state index in [0.717, 1.165) is 37.5 Å². The molecule has 0 atom stereocenters. The van der Waals surface area contributed by atoms with Gasteiger partial charge in [0.2, 0.25) is 10.0 Å². The summed E-state index contributed by atoms with van der Waals surface area (Å²) < 4.78 is 26.9. The van der Waals surface area contributed by atoms with E-state index in [1.54, 1.807) is 27.8 Å². The number of nitrogens with one attached hydrogen (secondary N) is 2. The highest BCUT2D eigenvalue weighted by atomic mass is 32.2. The van der Waals surface area contributed by atoms with Gasteiger partial charge >= 0.3 is 0 Å². The molecule has 2 N–H and O–H groups in total. The Kier molecular flexibility index (Phi) is 7.55. The smallest absolute Gasteiger partial charge is 0.243 e. The lowest BCUT2D eigenvalue weighted by atomic mass is 9.91. The number of rotatable bonds is 8. The maximum Gasteiger partial charge on any atom is 0.243 e. The molecule has 3 rings (SSSR count). The second kappa shape index (κ2) is 9.94. The summed E-state index contributed by atoms with van der Waals surface area (Å²) in [4.78, 5) is 6.37. The minimum Gasteiger partial charge on any atom is -0.357 e. The molecule has 0 aliphatic carbocycles. The van der Waals surface area contributed by atoms with Crippen LogP contribution >= 0.6 is 11.3 Å². The summed E-state index contributed by atoms with van der Waals surface area (Å²) in [6.07, 6.45) is 1.88. The van der Waals surface area contributed by atoms with Crippen LogP contribution in [0.25, 0.3) is 0 Å². The predicted octanol–water partition coefficient (Wildman–Crippen LogP) is 3.57. The number of sulfonamides is 1. The summed E-state index contributed by atoms with van der Waals surface area (Å²) in [5.74, 6) is 0.760. The normalized spacial score (nSPS) is 16.0. The zero-order valence-corrected chi connectivity index (χ0v) is 19.7. The van der Waals surface area contributed by atoms with E-state index in [-0.39, 0.29) is 5.41 Å². The molecule has 6 nitrogen and oxygen atoms in total. The second-order valence-corrected chi connectivity index (χ2v) is 11.1. The Morgan fingerprint density at radius 2 is 1.83 bits per heavy atom. The van der Waals surface area contributed by atoms with E-state index in [1.165, 1.54) is 4.88 Å². The van der Waals surface area contributed by atoms with Crippen molar-refractivity contribution in [2.24, 2.45) is 4.99 Å². The Morgan fingerprint density at radius 1 is 1.13 bits per heavy atom. The fourth-order valence-electron chi connectivity index (χ4n) is 3.41. The van der Waals surface area contributed by atoms with Gasteiger partial charge in [0, 0.05) is 36.5 Å². The third-order valence-electron chi connectivity index (χ3n) is 5.28. The van der Waals surface area contributed by atoms with Crippen LogP contribution < -0.4 is 10.6 Å². The van der Waals surface area contributed by atoms with E-state index in [2.05, 4.69) is 47.0 Å². The third kappa shape index (κ3) is 5.62. The van der Waals surface area contributed by atoms with Gasteiger partial charge in [0.25, 0.3) is 0 Å². The van der Waals surface area contributed by atoms with Crippen LogP contribution in [0.15, 0.2) is 51.7 Å². The SMILES string of the molecule is CCNC(=NCc1ccc(S(=O)(=O)N2CCCC2)cc1)NCC(C)(C)c1cccs1. The van der Waals surface area contributed by atoms with Crippen LogP contribution in [0.2, 0.25) is 0 Å². The summed E-state index contributed by atoms with van der Waals surface area (Å²) in [7, 11) is -3.37. The number of nitrogens with zero attached hydrogens (tertiary/aromatic N) is 2. The number of hydrogen-bond acceptors (Lipinski definition) is 4. The third-order valence-corrected chi connectivity index (χ3v) is 8.42. The Balaban J connectivity index is 1.63. The van der Waals surface area contributed by atoms with E-state index in [4.69, 9.17) is 0 Å². The largest absolute Gasteiger partial charge is 0.357 e. The molecule has 0 amide bonds. The molecule has 1 fully saturated rings. The lowest BCUT2D eigenvalue weighted by Crippen LogP contribution is -2.43. The first-order chi connectivity index (χ1) is 14.3. The van der Waals surface area contributed by atoms with Crippen molar-refractivity contribution in [3.63, 3.8) is 0 Å². The highest BCUT2D eigenvalue weighted by Gasteiger charge is 2.27. The van der Waals surface area contributed by atoms with Crippen LogP contribution in [0, 0.1) is 0 Å². The maximum absolute atomic E-state index is 12.7. The van der Waals surface area contributed by atoms with Crippen LogP contribution in [-0.4, -0.2) is 44.9 Å². The summed E-state index contributed by atoms with van der Waals surface area (Å²) in [6.45, 7) is 9.74. The van der Waals surface area contributed by atoms with Crippen LogP contribution in [0.3, 0.4) is 0 Å². The highest BCUT2D eigenvalue weighted by molar-refractivity contribution is 7.89. The van der Waals surface area contributed by atoms with Gasteiger partial charge in [-0.3, -0.25) is 0 Å². The summed E-state index contributed by atoms with van der Waals surface area (Å²) >= 11 is 1.76. The summed E-state index contributed by atoms with van der Waals surface area (Å²) in [6, 6.07) is 11.3. The average Bonchev–Trinajstić information content (AvgIpc) is 3.45. The van der Waals surface area contributed by atoms with E-state index < -0.39 is 10.0 Å². The lowest BCUT2D eigenvalue weighted by molar-refractivity contribution is 0.477. The molecule has 0 bridgehead atoms. The first kappa shape index (κ1) is 22.8. The Labute approximate surface area is 184 Å². The first-order valence-corrected chi connectivity index (χ1v) is 12.8. The Bertz CT molecular complexity index is 930. The molecular formula is C22H32N4O2S2. The van der Waals surface area contributed by atoms with Gasteiger partial charge in [-0.15, -0.1) is 11.3 Å². The van der Waals surface area contributed by atoms with Gasteiger partial charge in [-0.25, -0.2) is 13.4 Å². The topological polar surface area (TPSA) is 73.8 Å². The van der Waals surface area contributed by atoms with Crippen molar-refractivity contribution in [1.29, 1.82) is 0 Å². The molecule has 1 saturated heterocycles. The molecule has 1 aliphatic rings. The van der Waals surface area contributed by atoms with E-state index in [1.807, 2.05) is 19.1 Å². The maximum atomic E-state index is 12.7. The standard InChI is InChI=1S/C22H32N4O2S2/c1-4-23-21(25-17-22(2,3)20-8-7-15-29-20)24-16-18-9-11-19(12-10-18)30(27,28)26-13-5-6-14-26/h7-12,15H,4-6,13-14,16-17H2,1-3H3,(H2,23,24,25). The lowest BCUT2D eigenvalue weighted by Gasteiger charge is -2.25. The van der Waals surface area contributed by atoms with Crippen molar-refractivity contribution in [3.05, 3.63) is 52.2 Å². The molecule has 30 heavy (non-hydrogen) atoms. The Hall–Kier alpha value is -1.90. The van der Waals surface area contributed by atoms with Crippen molar-refractivity contribution in [1.82, 2.24) is 14.9 Å². The first-order valence-electron chi connectivity index (χ1n) is 10.5. The van der Waals surface area contributed by atoms with Gasteiger partial charge < -0.3 is 10.6 Å². The van der Waals surface area contributed by atoms with Crippen molar-refractivity contribution in [2.75, 3.05) is 26.2 Å². The summed E-state index contributed by atoms with van der Waals surface area (Å²) in [5.41, 5.74) is 0.987. The number of guanidine groups is 1. The number of aliphatic imine (C=N–C) groups is 1. The molecule has 1 aromatic heterocycles. The van der Waals surface area contributed by atoms with Crippen molar-refractivity contribution < 1.29 is 8.42 Å². The van der Waals surface area contributed by atoms with Gasteiger partial charge in [-0.2, -0.15) is 4.31 Å². The molecule has 8 heteroatoms. The van der Waals surface area contributed by atoms with Crippen molar-refractivity contribution >= 4 is 27.3 Å². The van der Waals surface area contributed by atoms with Gasteiger partial charge in [-0.1, -0.05) is 32.0 Å². The molecule has 1 aromatic carbocycles. The molecule has 164 valence electrons. The van der Waals surface area contributed by atoms with E-state index in [9.17, 15) is 8.42 Å². The minimum absolute atomic E-state index is 0.00986. The van der Waals surface area contributed by atoms with Crippen LogP contribution in [0.1, 0.15) is 44.1 Å². The summed E-state index contributed by atoms with van der Waals surface area (Å²) in [5, 5.41) is 8.82. The van der Waals surface area contributed by atoms with Gasteiger partial charge in [0.15, 0.2) is 5.96 Å². The predicted molar refractivity (Wildman–Crippen MR) is 125 cm³/mol. The second-order valence-electron chi connectivity index (χ2n) is 8.17. The fourth-order valence-corrected chi connectivity index (χ4v) is 5.78. The van der Waals surface area contributed by atoms with Crippen LogP contribution in [-0.2, 0) is 22.0 Å². The molecule has 2 heterocycles. The van der Waals surface area contributed by atoms with Gasteiger partial charge in [-0.05, 0) is 48.9 Å². The number of thiophene rings is 1. The monoisotopic (exact) mass is 448 g/mol. The van der Waals surface area contributed by atoms with E-state index >= 15 is 0 Å². The molecule has 0 radical (unpaired) electrons. The molecule has 2 aromatic rings. The quantitative estimate of drug-likeness (QED) is 0.478. The highest BCUT2D eigenvalue weighted by Crippen LogP contribution is 2.26.